The minimum Gasteiger partial charge on any atom is -0.343 e. The molecule has 0 saturated heterocycles. The van der Waals surface area contributed by atoms with Gasteiger partial charge in [-0.05, 0) is 36.9 Å². The van der Waals surface area contributed by atoms with Crippen LogP contribution in [0.3, 0.4) is 0 Å². The van der Waals surface area contributed by atoms with E-state index in [9.17, 15) is 9.18 Å². The summed E-state index contributed by atoms with van der Waals surface area (Å²) >= 11 is 0. The van der Waals surface area contributed by atoms with E-state index in [1.165, 1.54) is 21.7 Å². The van der Waals surface area contributed by atoms with Gasteiger partial charge in [0.1, 0.15) is 5.82 Å². The van der Waals surface area contributed by atoms with Gasteiger partial charge in [0, 0.05) is 26.8 Å². The number of hydrogen-bond acceptors (Lipinski definition) is 3. The van der Waals surface area contributed by atoms with E-state index in [2.05, 4.69) is 10.4 Å². The van der Waals surface area contributed by atoms with E-state index in [4.69, 9.17) is 0 Å². The number of benzene rings is 1. The summed E-state index contributed by atoms with van der Waals surface area (Å²) in [5.74, 6) is -0.515. The Morgan fingerprint density at radius 1 is 1.40 bits per heavy atom. The van der Waals surface area contributed by atoms with Crippen molar-refractivity contribution in [2.75, 3.05) is 21.1 Å². The fraction of sp³-hybridized carbons (Fsp3) is 0.286. The van der Waals surface area contributed by atoms with Gasteiger partial charge in [-0.3, -0.25) is 4.79 Å². The first-order chi connectivity index (χ1) is 9.51. The van der Waals surface area contributed by atoms with E-state index in [1.807, 2.05) is 6.07 Å². The van der Waals surface area contributed by atoms with Gasteiger partial charge in [-0.2, -0.15) is 5.10 Å². The predicted molar refractivity (Wildman–Crippen MR) is 74.3 cm³/mol. The van der Waals surface area contributed by atoms with Crippen LogP contribution in [0.4, 0.5) is 4.39 Å². The highest BCUT2D eigenvalue weighted by Gasteiger charge is 2.12. The summed E-state index contributed by atoms with van der Waals surface area (Å²) in [6.45, 7) is 0.565. The van der Waals surface area contributed by atoms with E-state index in [0.717, 1.165) is 5.56 Å². The second kappa shape index (κ2) is 5.83. The maximum Gasteiger partial charge on any atom is 0.273 e. The molecule has 0 fully saturated rings. The molecule has 0 aliphatic rings. The molecule has 2 rings (SSSR count). The van der Waals surface area contributed by atoms with Crippen molar-refractivity contribution in [3.05, 3.63) is 47.5 Å². The molecule has 0 bridgehead atoms. The van der Waals surface area contributed by atoms with Gasteiger partial charge >= 0.3 is 0 Å². The lowest BCUT2D eigenvalue weighted by Gasteiger charge is -2.08. The molecule has 0 unspecified atom stereocenters. The number of carbonyl (C=O) groups is 1. The van der Waals surface area contributed by atoms with Crippen LogP contribution in [0.2, 0.25) is 0 Å². The third kappa shape index (κ3) is 3.03. The third-order valence-corrected chi connectivity index (χ3v) is 2.80. The molecule has 1 amide bonds. The lowest BCUT2D eigenvalue weighted by molar-refractivity contribution is 0.0821. The lowest BCUT2D eigenvalue weighted by atomic mass is 10.2. The largest absolute Gasteiger partial charge is 0.343 e. The Labute approximate surface area is 117 Å². The molecule has 1 heterocycles. The zero-order valence-corrected chi connectivity index (χ0v) is 11.7. The predicted octanol–water partition coefficient (Wildman–Crippen LogP) is 1.43. The van der Waals surface area contributed by atoms with Gasteiger partial charge in [0.15, 0.2) is 5.69 Å². The Morgan fingerprint density at radius 3 is 2.80 bits per heavy atom. The van der Waals surface area contributed by atoms with E-state index in [1.54, 1.807) is 33.4 Å². The fourth-order valence-corrected chi connectivity index (χ4v) is 1.88. The highest BCUT2D eigenvalue weighted by Crippen LogP contribution is 2.14. The van der Waals surface area contributed by atoms with Crippen molar-refractivity contribution >= 4 is 5.91 Å². The summed E-state index contributed by atoms with van der Waals surface area (Å²) in [7, 11) is 5.12. The number of hydrogen-bond donors (Lipinski definition) is 1. The second-order valence-corrected chi connectivity index (χ2v) is 4.69. The van der Waals surface area contributed by atoms with Gasteiger partial charge in [-0.1, -0.05) is 0 Å². The molecular weight excluding hydrogens is 259 g/mol. The summed E-state index contributed by atoms with van der Waals surface area (Å²) in [5.41, 5.74) is 1.74. The van der Waals surface area contributed by atoms with E-state index >= 15 is 0 Å². The Morgan fingerprint density at radius 2 is 2.15 bits per heavy atom. The number of rotatable bonds is 4. The molecule has 2 aromatic rings. The molecule has 1 N–H and O–H groups in total. The zero-order chi connectivity index (χ0) is 14.7. The second-order valence-electron chi connectivity index (χ2n) is 4.69. The average Bonchev–Trinajstić information content (AvgIpc) is 2.87. The minimum absolute atomic E-state index is 0.185. The standard InChI is InChI=1S/C14H17FN4O/c1-16-9-10-6-11(15)8-12(7-10)19-5-4-13(17-19)14(20)18(2)3/h4-8,16H,9H2,1-3H3. The molecule has 0 aliphatic carbocycles. The molecule has 20 heavy (non-hydrogen) atoms. The summed E-state index contributed by atoms with van der Waals surface area (Å²) in [4.78, 5) is 13.2. The Hall–Kier alpha value is -2.21. The molecule has 5 nitrogen and oxygen atoms in total. The molecule has 1 aromatic carbocycles. The molecule has 0 radical (unpaired) electrons. The molecule has 0 aliphatic heterocycles. The number of carbonyl (C=O) groups excluding carboxylic acids is 1. The summed E-state index contributed by atoms with van der Waals surface area (Å²) in [5, 5.41) is 7.15. The van der Waals surface area contributed by atoms with Crippen molar-refractivity contribution < 1.29 is 9.18 Å². The van der Waals surface area contributed by atoms with Crippen LogP contribution in [0.1, 0.15) is 16.1 Å². The van der Waals surface area contributed by atoms with Gasteiger partial charge in [0.05, 0.1) is 5.69 Å². The first-order valence-electron chi connectivity index (χ1n) is 6.23. The Bertz CT molecular complexity index is 621. The van der Waals surface area contributed by atoms with E-state index < -0.39 is 0 Å². The minimum atomic E-state index is -0.330. The van der Waals surface area contributed by atoms with Crippen molar-refractivity contribution in [1.82, 2.24) is 20.0 Å². The Balaban J connectivity index is 2.34. The quantitative estimate of drug-likeness (QED) is 0.919. The van der Waals surface area contributed by atoms with Crippen molar-refractivity contribution in [3.8, 4) is 5.69 Å². The van der Waals surface area contributed by atoms with Gasteiger partial charge in [0.25, 0.3) is 5.91 Å². The molecule has 0 atom stereocenters. The first-order valence-corrected chi connectivity index (χ1v) is 6.23. The van der Waals surface area contributed by atoms with Crippen molar-refractivity contribution in [3.63, 3.8) is 0 Å². The maximum absolute atomic E-state index is 13.6. The normalized spacial score (nSPS) is 10.6. The van der Waals surface area contributed by atoms with Gasteiger partial charge < -0.3 is 10.2 Å². The number of aromatic nitrogens is 2. The van der Waals surface area contributed by atoms with Crippen molar-refractivity contribution in [2.45, 2.75) is 6.54 Å². The van der Waals surface area contributed by atoms with Crippen LogP contribution in [-0.4, -0.2) is 41.7 Å². The van der Waals surface area contributed by atoms with E-state index in [-0.39, 0.29) is 11.7 Å². The van der Waals surface area contributed by atoms with Crippen LogP contribution in [0, 0.1) is 5.82 Å². The van der Waals surface area contributed by atoms with Crippen molar-refractivity contribution in [1.29, 1.82) is 0 Å². The molecule has 1 aromatic heterocycles. The summed E-state index contributed by atoms with van der Waals surface area (Å²) in [6, 6.07) is 6.30. The zero-order valence-electron chi connectivity index (χ0n) is 11.7. The molecule has 106 valence electrons. The van der Waals surface area contributed by atoms with Gasteiger partial charge in [-0.15, -0.1) is 0 Å². The molecular formula is C14H17FN4O. The smallest absolute Gasteiger partial charge is 0.273 e. The van der Waals surface area contributed by atoms with Crippen molar-refractivity contribution in [2.24, 2.45) is 0 Å². The van der Waals surface area contributed by atoms with Crippen LogP contribution in [-0.2, 0) is 6.54 Å². The summed E-state index contributed by atoms with van der Waals surface area (Å²) in [6.07, 6.45) is 1.65. The van der Waals surface area contributed by atoms with Crippen LogP contribution < -0.4 is 5.32 Å². The third-order valence-electron chi connectivity index (χ3n) is 2.80. The highest BCUT2D eigenvalue weighted by atomic mass is 19.1. The lowest BCUT2D eigenvalue weighted by Crippen LogP contribution is -2.22. The first kappa shape index (κ1) is 14.2. The van der Waals surface area contributed by atoms with Crippen LogP contribution in [0.15, 0.2) is 30.5 Å². The summed E-state index contributed by atoms with van der Waals surface area (Å²) < 4.78 is 15.1. The fourth-order valence-electron chi connectivity index (χ4n) is 1.88. The number of nitrogens with zero attached hydrogens (tertiary/aromatic N) is 3. The topological polar surface area (TPSA) is 50.2 Å². The monoisotopic (exact) mass is 276 g/mol. The maximum atomic E-state index is 13.6. The van der Waals surface area contributed by atoms with Crippen LogP contribution >= 0.6 is 0 Å². The number of amides is 1. The highest BCUT2D eigenvalue weighted by molar-refractivity contribution is 5.91. The van der Waals surface area contributed by atoms with Gasteiger partial charge in [-0.25, -0.2) is 9.07 Å². The SMILES string of the molecule is CNCc1cc(F)cc(-n2ccc(C(=O)N(C)C)n2)c1. The molecule has 0 spiro atoms. The van der Waals surface area contributed by atoms with E-state index in [0.29, 0.717) is 17.9 Å². The number of nitrogens with one attached hydrogen (secondary N) is 1. The molecule has 0 saturated carbocycles. The molecule has 6 heteroatoms. The van der Waals surface area contributed by atoms with Crippen LogP contribution in [0.25, 0.3) is 5.69 Å². The average molecular weight is 276 g/mol. The van der Waals surface area contributed by atoms with Crippen LogP contribution in [0.5, 0.6) is 0 Å². The number of halogens is 1. The Kier molecular flexibility index (Phi) is 4.14. The van der Waals surface area contributed by atoms with Gasteiger partial charge in [0.2, 0.25) is 0 Å².